The van der Waals surface area contributed by atoms with Crippen LogP contribution in [0.3, 0.4) is 0 Å². The molecule has 1 fully saturated rings. The Morgan fingerprint density at radius 3 is 2.74 bits per heavy atom. The fourth-order valence-electron chi connectivity index (χ4n) is 2.42. The second-order valence-corrected chi connectivity index (χ2v) is 5.60. The number of hydrogen-bond donors (Lipinski definition) is 1. The molecule has 0 spiro atoms. The summed E-state index contributed by atoms with van der Waals surface area (Å²) in [5.41, 5.74) is 1.85. The summed E-state index contributed by atoms with van der Waals surface area (Å²) in [5.74, 6) is 0.0796. The highest BCUT2D eigenvalue weighted by Gasteiger charge is 2.12. The second-order valence-electron chi connectivity index (χ2n) is 5.16. The van der Waals surface area contributed by atoms with Crippen LogP contribution in [0.2, 0.25) is 5.02 Å². The van der Waals surface area contributed by atoms with Crippen molar-refractivity contribution < 1.29 is 4.79 Å². The van der Waals surface area contributed by atoms with Gasteiger partial charge in [0.1, 0.15) is 0 Å². The number of amides is 1. The number of nitrogens with zero attached hydrogens (tertiary/aromatic N) is 1. The van der Waals surface area contributed by atoms with Gasteiger partial charge in [0.05, 0.1) is 0 Å². The molecule has 0 bridgehead atoms. The van der Waals surface area contributed by atoms with Crippen LogP contribution in [0.1, 0.15) is 31.2 Å². The zero-order chi connectivity index (χ0) is 13.7. The minimum Gasteiger partial charge on any atom is -0.326 e. The average Bonchev–Trinajstić information content (AvgIpc) is 2.41. The first kappa shape index (κ1) is 14.4. The Balaban J connectivity index is 1.80. The lowest BCUT2D eigenvalue weighted by Crippen LogP contribution is -2.32. The van der Waals surface area contributed by atoms with E-state index in [2.05, 4.69) is 10.2 Å². The summed E-state index contributed by atoms with van der Waals surface area (Å²) in [6.45, 7) is 5.07. The fourth-order valence-corrected chi connectivity index (χ4v) is 2.65. The van der Waals surface area contributed by atoms with Crippen LogP contribution < -0.4 is 5.32 Å². The van der Waals surface area contributed by atoms with Crippen molar-refractivity contribution in [3.8, 4) is 0 Å². The third-order valence-corrected chi connectivity index (χ3v) is 3.80. The molecule has 1 N–H and O–H groups in total. The van der Waals surface area contributed by atoms with Crippen molar-refractivity contribution in [1.29, 1.82) is 0 Å². The van der Waals surface area contributed by atoms with Crippen molar-refractivity contribution in [2.24, 2.45) is 0 Å². The molecule has 0 aliphatic carbocycles. The first-order valence-corrected chi connectivity index (χ1v) is 7.31. The average molecular weight is 281 g/mol. The Morgan fingerprint density at radius 2 is 2.05 bits per heavy atom. The van der Waals surface area contributed by atoms with Crippen LogP contribution >= 0.6 is 11.6 Å². The summed E-state index contributed by atoms with van der Waals surface area (Å²) in [5, 5.41) is 3.65. The van der Waals surface area contributed by atoms with E-state index in [1.165, 1.54) is 19.3 Å². The third-order valence-electron chi connectivity index (χ3n) is 3.57. The molecule has 1 aromatic rings. The van der Waals surface area contributed by atoms with E-state index in [9.17, 15) is 4.79 Å². The summed E-state index contributed by atoms with van der Waals surface area (Å²) in [6, 6.07) is 5.52. The summed E-state index contributed by atoms with van der Waals surface area (Å²) in [6.07, 6.45) is 4.41. The quantitative estimate of drug-likeness (QED) is 0.916. The molecule has 2 rings (SSSR count). The second kappa shape index (κ2) is 6.92. The van der Waals surface area contributed by atoms with Gasteiger partial charge in [-0.25, -0.2) is 0 Å². The highest BCUT2D eigenvalue weighted by atomic mass is 35.5. The molecule has 0 unspecified atom stereocenters. The zero-order valence-electron chi connectivity index (χ0n) is 11.4. The lowest BCUT2D eigenvalue weighted by Gasteiger charge is -2.26. The van der Waals surface area contributed by atoms with E-state index in [4.69, 9.17) is 11.6 Å². The SMILES string of the molecule is Cc1cc(Cl)ccc1NC(=O)CCN1CCCCC1. The van der Waals surface area contributed by atoms with Crippen molar-refractivity contribution in [3.05, 3.63) is 28.8 Å². The van der Waals surface area contributed by atoms with Gasteiger partial charge in [0, 0.05) is 23.7 Å². The first-order chi connectivity index (χ1) is 9.15. The molecular formula is C15H21ClN2O. The molecule has 4 heteroatoms. The van der Waals surface area contributed by atoms with E-state index in [-0.39, 0.29) is 5.91 Å². The van der Waals surface area contributed by atoms with Gasteiger partial charge in [-0.05, 0) is 56.6 Å². The number of piperidine rings is 1. The number of hydrogen-bond acceptors (Lipinski definition) is 2. The molecule has 0 saturated carbocycles. The van der Waals surface area contributed by atoms with Crippen molar-refractivity contribution >= 4 is 23.2 Å². The Morgan fingerprint density at radius 1 is 1.32 bits per heavy atom. The Hall–Kier alpha value is -1.06. The van der Waals surface area contributed by atoms with Gasteiger partial charge < -0.3 is 10.2 Å². The first-order valence-electron chi connectivity index (χ1n) is 6.93. The van der Waals surface area contributed by atoms with E-state index in [1.807, 2.05) is 19.1 Å². The smallest absolute Gasteiger partial charge is 0.225 e. The number of benzene rings is 1. The molecule has 1 aliphatic rings. The van der Waals surface area contributed by atoms with Crippen molar-refractivity contribution in [2.45, 2.75) is 32.6 Å². The largest absolute Gasteiger partial charge is 0.326 e. The minimum atomic E-state index is 0.0796. The predicted molar refractivity (Wildman–Crippen MR) is 79.7 cm³/mol. The highest BCUT2D eigenvalue weighted by Crippen LogP contribution is 2.19. The van der Waals surface area contributed by atoms with Crippen LogP contribution in [-0.4, -0.2) is 30.4 Å². The molecule has 1 saturated heterocycles. The van der Waals surface area contributed by atoms with Crippen LogP contribution in [0.5, 0.6) is 0 Å². The van der Waals surface area contributed by atoms with Gasteiger partial charge in [-0.2, -0.15) is 0 Å². The Labute approximate surface area is 119 Å². The van der Waals surface area contributed by atoms with Crippen molar-refractivity contribution in [1.82, 2.24) is 4.90 Å². The maximum absolute atomic E-state index is 11.9. The normalized spacial score (nSPS) is 16.3. The number of halogens is 1. The maximum atomic E-state index is 11.9. The van der Waals surface area contributed by atoms with Gasteiger partial charge in [0.25, 0.3) is 0 Å². The van der Waals surface area contributed by atoms with Crippen LogP contribution in [0.4, 0.5) is 5.69 Å². The maximum Gasteiger partial charge on any atom is 0.225 e. The molecular weight excluding hydrogens is 260 g/mol. The van der Waals surface area contributed by atoms with Gasteiger partial charge in [-0.1, -0.05) is 18.0 Å². The Kier molecular flexibility index (Phi) is 5.23. The molecule has 0 aromatic heterocycles. The van der Waals surface area contributed by atoms with E-state index < -0.39 is 0 Å². The van der Waals surface area contributed by atoms with Gasteiger partial charge in [0.15, 0.2) is 0 Å². The van der Waals surface area contributed by atoms with E-state index in [0.29, 0.717) is 11.4 Å². The number of aryl methyl sites for hydroxylation is 1. The Bertz CT molecular complexity index is 442. The number of carbonyl (C=O) groups excluding carboxylic acids is 1. The van der Waals surface area contributed by atoms with Gasteiger partial charge in [0.2, 0.25) is 5.91 Å². The van der Waals surface area contributed by atoms with Crippen molar-refractivity contribution in [2.75, 3.05) is 25.0 Å². The number of rotatable bonds is 4. The monoisotopic (exact) mass is 280 g/mol. The molecule has 1 aromatic carbocycles. The summed E-state index contributed by atoms with van der Waals surface area (Å²) < 4.78 is 0. The lowest BCUT2D eigenvalue weighted by atomic mass is 10.1. The van der Waals surface area contributed by atoms with Crippen LogP contribution in [0, 0.1) is 6.92 Å². The standard InChI is InChI=1S/C15H21ClN2O/c1-12-11-13(16)5-6-14(12)17-15(19)7-10-18-8-3-2-4-9-18/h5-6,11H,2-4,7-10H2,1H3,(H,17,19). The van der Waals surface area contributed by atoms with E-state index in [1.54, 1.807) is 6.07 Å². The van der Waals surface area contributed by atoms with Crippen LogP contribution in [0.25, 0.3) is 0 Å². The summed E-state index contributed by atoms with van der Waals surface area (Å²) in [7, 11) is 0. The molecule has 0 atom stereocenters. The highest BCUT2D eigenvalue weighted by molar-refractivity contribution is 6.30. The van der Waals surface area contributed by atoms with Crippen LogP contribution in [-0.2, 0) is 4.79 Å². The zero-order valence-corrected chi connectivity index (χ0v) is 12.2. The molecule has 1 heterocycles. The molecule has 19 heavy (non-hydrogen) atoms. The molecule has 1 amide bonds. The predicted octanol–water partition coefficient (Wildman–Crippen LogP) is 3.46. The summed E-state index contributed by atoms with van der Waals surface area (Å²) >= 11 is 5.90. The van der Waals surface area contributed by atoms with Crippen LogP contribution in [0.15, 0.2) is 18.2 Å². The molecule has 1 aliphatic heterocycles. The number of likely N-dealkylation sites (tertiary alicyclic amines) is 1. The minimum absolute atomic E-state index is 0.0796. The summed E-state index contributed by atoms with van der Waals surface area (Å²) in [4.78, 5) is 14.3. The lowest BCUT2D eigenvalue weighted by molar-refractivity contribution is -0.116. The van der Waals surface area contributed by atoms with Crippen molar-refractivity contribution in [3.63, 3.8) is 0 Å². The fraction of sp³-hybridized carbons (Fsp3) is 0.533. The number of anilines is 1. The van der Waals surface area contributed by atoms with Gasteiger partial charge >= 0.3 is 0 Å². The molecule has 104 valence electrons. The number of carbonyl (C=O) groups is 1. The van der Waals surface area contributed by atoms with E-state index >= 15 is 0 Å². The molecule has 3 nitrogen and oxygen atoms in total. The molecule has 0 radical (unpaired) electrons. The third kappa shape index (κ3) is 4.51. The number of nitrogens with one attached hydrogen (secondary N) is 1. The van der Waals surface area contributed by atoms with Gasteiger partial charge in [-0.3, -0.25) is 4.79 Å². The van der Waals surface area contributed by atoms with E-state index in [0.717, 1.165) is 30.9 Å². The van der Waals surface area contributed by atoms with Gasteiger partial charge in [-0.15, -0.1) is 0 Å². The topological polar surface area (TPSA) is 32.3 Å².